The molecule has 0 aliphatic carbocycles. The highest BCUT2D eigenvalue weighted by Crippen LogP contribution is 2.24. The van der Waals surface area contributed by atoms with Crippen LogP contribution < -0.4 is 0 Å². The van der Waals surface area contributed by atoms with Gasteiger partial charge in [-0.25, -0.2) is 0 Å². The van der Waals surface area contributed by atoms with E-state index in [1.165, 1.54) is 77.0 Å². The molecule has 0 heterocycles. The molecule has 0 radical (unpaired) electrons. The summed E-state index contributed by atoms with van der Waals surface area (Å²) >= 11 is 0. The lowest BCUT2D eigenvalue weighted by Crippen LogP contribution is -2.08. The predicted octanol–water partition coefficient (Wildman–Crippen LogP) is 7.33. The first-order valence-corrected chi connectivity index (χ1v) is 10.1. The van der Waals surface area contributed by atoms with E-state index in [4.69, 9.17) is 0 Å². The lowest BCUT2D eigenvalue weighted by Gasteiger charge is -2.19. The molecule has 2 unspecified atom stereocenters. The van der Waals surface area contributed by atoms with Gasteiger partial charge in [0.1, 0.15) is 5.78 Å². The van der Waals surface area contributed by atoms with Crippen molar-refractivity contribution in [2.45, 2.75) is 118 Å². The van der Waals surface area contributed by atoms with Crippen molar-refractivity contribution < 1.29 is 4.79 Å². The van der Waals surface area contributed by atoms with E-state index in [2.05, 4.69) is 20.8 Å². The minimum atomic E-state index is 0.345. The molecule has 0 rings (SSSR count). The van der Waals surface area contributed by atoms with Gasteiger partial charge in [0.05, 0.1) is 0 Å². The van der Waals surface area contributed by atoms with Crippen LogP contribution in [0.1, 0.15) is 118 Å². The zero-order valence-electron chi connectivity index (χ0n) is 16.0. The first kappa shape index (κ1) is 21.7. The Morgan fingerprint density at radius 1 is 0.682 bits per heavy atom. The van der Waals surface area contributed by atoms with Gasteiger partial charge in [-0.1, -0.05) is 97.8 Å². The van der Waals surface area contributed by atoms with E-state index in [-0.39, 0.29) is 0 Å². The highest BCUT2D eigenvalue weighted by Gasteiger charge is 2.11. The van der Waals surface area contributed by atoms with E-state index in [1.54, 1.807) is 6.92 Å². The molecule has 0 amide bonds. The number of rotatable bonds is 16. The summed E-state index contributed by atoms with van der Waals surface area (Å²) in [5, 5.41) is 0. The SMILES string of the molecule is CCCCCCCCC(C)C(C)CCCCCCCC(C)=O. The summed E-state index contributed by atoms with van der Waals surface area (Å²) in [7, 11) is 0. The third-order valence-corrected chi connectivity index (χ3v) is 5.17. The Bertz CT molecular complexity index is 246. The molecule has 0 saturated carbocycles. The molecule has 1 nitrogen and oxygen atoms in total. The van der Waals surface area contributed by atoms with E-state index >= 15 is 0 Å². The number of hydrogen-bond donors (Lipinski definition) is 0. The summed E-state index contributed by atoms with van der Waals surface area (Å²) in [5.41, 5.74) is 0. The molecule has 0 saturated heterocycles. The Morgan fingerprint density at radius 3 is 1.55 bits per heavy atom. The number of Topliss-reactive ketones (excluding diaryl/α,β-unsaturated/α-hetero) is 1. The van der Waals surface area contributed by atoms with Gasteiger partial charge in [0.25, 0.3) is 0 Å². The molecule has 0 fully saturated rings. The van der Waals surface area contributed by atoms with Crippen LogP contribution in [0.2, 0.25) is 0 Å². The highest BCUT2D eigenvalue weighted by atomic mass is 16.1. The van der Waals surface area contributed by atoms with Crippen LogP contribution in [0.4, 0.5) is 0 Å². The molecule has 132 valence electrons. The molecular formula is C21H42O. The first-order valence-electron chi connectivity index (χ1n) is 10.1. The summed E-state index contributed by atoms with van der Waals surface area (Å²) < 4.78 is 0. The van der Waals surface area contributed by atoms with Crippen molar-refractivity contribution in [3.63, 3.8) is 0 Å². The smallest absolute Gasteiger partial charge is 0.129 e. The number of hydrogen-bond acceptors (Lipinski definition) is 1. The fourth-order valence-corrected chi connectivity index (χ4v) is 3.19. The van der Waals surface area contributed by atoms with Crippen molar-refractivity contribution >= 4 is 5.78 Å². The maximum Gasteiger partial charge on any atom is 0.129 e. The molecule has 0 aliphatic rings. The second kappa shape index (κ2) is 15.6. The van der Waals surface area contributed by atoms with Crippen molar-refractivity contribution in [2.24, 2.45) is 11.8 Å². The largest absolute Gasteiger partial charge is 0.300 e. The van der Waals surface area contributed by atoms with E-state index in [9.17, 15) is 4.79 Å². The fourth-order valence-electron chi connectivity index (χ4n) is 3.19. The van der Waals surface area contributed by atoms with Crippen LogP contribution in [0, 0.1) is 11.8 Å². The summed E-state index contributed by atoms with van der Waals surface area (Å²) in [4.78, 5) is 10.9. The van der Waals surface area contributed by atoms with Crippen LogP contribution in [-0.4, -0.2) is 5.78 Å². The lowest BCUT2D eigenvalue weighted by atomic mass is 9.86. The summed E-state index contributed by atoms with van der Waals surface area (Å²) in [6.07, 6.45) is 18.5. The van der Waals surface area contributed by atoms with Gasteiger partial charge < -0.3 is 4.79 Å². The summed E-state index contributed by atoms with van der Waals surface area (Å²) in [5.74, 6) is 2.12. The minimum absolute atomic E-state index is 0.345. The zero-order chi connectivity index (χ0) is 16.6. The van der Waals surface area contributed by atoms with Gasteiger partial charge in [0, 0.05) is 6.42 Å². The Hall–Kier alpha value is -0.330. The van der Waals surface area contributed by atoms with Crippen LogP contribution in [0.25, 0.3) is 0 Å². The van der Waals surface area contributed by atoms with Crippen molar-refractivity contribution in [2.75, 3.05) is 0 Å². The van der Waals surface area contributed by atoms with Gasteiger partial charge in [0.15, 0.2) is 0 Å². The minimum Gasteiger partial charge on any atom is -0.300 e. The molecular weight excluding hydrogens is 268 g/mol. The molecule has 0 aromatic rings. The fraction of sp³-hybridized carbons (Fsp3) is 0.952. The van der Waals surface area contributed by atoms with Crippen LogP contribution in [-0.2, 0) is 4.79 Å². The van der Waals surface area contributed by atoms with Gasteiger partial charge in [-0.15, -0.1) is 0 Å². The molecule has 0 aromatic heterocycles. The average molecular weight is 311 g/mol. The number of carbonyl (C=O) groups excluding carboxylic acids is 1. The van der Waals surface area contributed by atoms with E-state index in [1.807, 2.05) is 0 Å². The number of ketones is 1. The van der Waals surface area contributed by atoms with E-state index in [0.29, 0.717) is 5.78 Å². The summed E-state index contributed by atoms with van der Waals surface area (Å²) in [6, 6.07) is 0. The topological polar surface area (TPSA) is 17.1 Å². The van der Waals surface area contributed by atoms with Crippen LogP contribution in [0.15, 0.2) is 0 Å². The standard InChI is InChI=1S/C21H42O/c1-5-6-7-8-10-13-16-19(2)20(3)17-14-11-9-12-15-18-21(4)22/h19-20H,5-18H2,1-4H3. The molecule has 2 atom stereocenters. The maximum absolute atomic E-state index is 10.9. The van der Waals surface area contributed by atoms with E-state index in [0.717, 1.165) is 24.7 Å². The van der Waals surface area contributed by atoms with Crippen LogP contribution >= 0.6 is 0 Å². The highest BCUT2D eigenvalue weighted by molar-refractivity contribution is 5.75. The molecule has 0 aromatic carbocycles. The van der Waals surface area contributed by atoms with Gasteiger partial charge in [-0.3, -0.25) is 0 Å². The second-order valence-corrected chi connectivity index (χ2v) is 7.52. The molecule has 0 bridgehead atoms. The zero-order valence-corrected chi connectivity index (χ0v) is 16.0. The lowest BCUT2D eigenvalue weighted by molar-refractivity contribution is -0.117. The molecule has 0 spiro atoms. The molecule has 1 heteroatoms. The van der Waals surface area contributed by atoms with Crippen molar-refractivity contribution in [1.82, 2.24) is 0 Å². The van der Waals surface area contributed by atoms with Crippen molar-refractivity contribution in [3.8, 4) is 0 Å². The Kier molecular flexibility index (Phi) is 15.3. The predicted molar refractivity (Wildman–Crippen MR) is 99.3 cm³/mol. The molecule has 0 aliphatic heterocycles. The third-order valence-electron chi connectivity index (χ3n) is 5.17. The number of carbonyl (C=O) groups is 1. The van der Waals surface area contributed by atoms with Gasteiger partial charge in [0.2, 0.25) is 0 Å². The van der Waals surface area contributed by atoms with Crippen LogP contribution in [0.3, 0.4) is 0 Å². The van der Waals surface area contributed by atoms with Crippen molar-refractivity contribution in [3.05, 3.63) is 0 Å². The average Bonchev–Trinajstić information content (AvgIpc) is 2.49. The first-order chi connectivity index (χ1) is 10.6. The molecule has 0 N–H and O–H groups in total. The maximum atomic E-state index is 10.9. The van der Waals surface area contributed by atoms with E-state index < -0.39 is 0 Å². The second-order valence-electron chi connectivity index (χ2n) is 7.52. The van der Waals surface area contributed by atoms with Crippen LogP contribution in [0.5, 0.6) is 0 Å². The Labute approximate surface area is 140 Å². The Morgan fingerprint density at radius 2 is 1.09 bits per heavy atom. The quantitative estimate of drug-likeness (QED) is 0.273. The normalized spacial score (nSPS) is 14.0. The summed E-state index contributed by atoms with van der Waals surface area (Å²) in [6.45, 7) is 8.88. The van der Waals surface area contributed by atoms with Gasteiger partial charge in [-0.2, -0.15) is 0 Å². The number of unbranched alkanes of at least 4 members (excludes halogenated alkanes) is 9. The van der Waals surface area contributed by atoms with Crippen molar-refractivity contribution in [1.29, 1.82) is 0 Å². The van der Waals surface area contributed by atoms with Gasteiger partial charge in [-0.05, 0) is 25.2 Å². The third kappa shape index (κ3) is 14.6. The molecule has 22 heavy (non-hydrogen) atoms. The monoisotopic (exact) mass is 310 g/mol. The Balaban J connectivity index is 3.38. The van der Waals surface area contributed by atoms with Gasteiger partial charge >= 0.3 is 0 Å².